The predicted octanol–water partition coefficient (Wildman–Crippen LogP) is 0.666. The molecule has 0 aromatic heterocycles. The maximum absolute atomic E-state index is 4.62. The Kier molecular flexibility index (Phi) is 1.00. The van der Waals surface area contributed by atoms with Gasteiger partial charge in [-0.15, -0.1) is 0 Å². The lowest BCUT2D eigenvalue weighted by atomic mass is 10.6. The van der Waals surface area contributed by atoms with Crippen LogP contribution in [0.1, 0.15) is 0 Å². The average molecular weight is 99.1 g/mol. The van der Waals surface area contributed by atoms with Crippen molar-refractivity contribution in [3.05, 3.63) is 17.9 Å². The fourth-order valence-corrected chi connectivity index (χ4v) is 0.440. The van der Waals surface area contributed by atoms with Gasteiger partial charge < -0.3 is 15.4 Å². The van der Waals surface area contributed by atoms with Crippen molar-refractivity contribution in [1.82, 2.24) is 5.01 Å². The number of likely N-dealkylation sites (N-methyl/N-ethyl adjacent to an activating group) is 1. The molecular weight excluding hydrogens is 92.1 g/mol. The Hall–Kier alpha value is -0.540. The van der Waals surface area contributed by atoms with Crippen molar-refractivity contribution in [3.63, 3.8) is 0 Å². The summed E-state index contributed by atoms with van der Waals surface area (Å²) >= 11 is 0. The number of hydrogen-bond donors (Lipinski definition) is 0. The van der Waals surface area contributed by atoms with Gasteiger partial charge in [-0.25, -0.2) is 0 Å². The first kappa shape index (κ1) is 4.61. The highest BCUT2D eigenvalue weighted by atomic mass is 16.7. The van der Waals surface area contributed by atoms with Crippen LogP contribution in [0.25, 0.3) is 5.59 Å². The molecule has 1 rings (SSSR count). The van der Waals surface area contributed by atoms with Crippen LogP contribution in [0.3, 0.4) is 0 Å². The summed E-state index contributed by atoms with van der Waals surface area (Å²) in [5, 5.41) is 1.68. The quantitative estimate of drug-likeness (QED) is 0.446. The molecule has 3 heteroatoms. The summed E-state index contributed by atoms with van der Waals surface area (Å²) in [5.74, 6) is 0.711. The van der Waals surface area contributed by atoms with E-state index in [1.165, 1.54) is 0 Å². The van der Waals surface area contributed by atoms with E-state index in [1.807, 2.05) is 7.05 Å². The standard InChI is InChI=1S/C4H7N2O/c1-4-3-6(2)5-7-4/h1,3H2,2H3/q-1. The highest BCUT2D eigenvalue weighted by Gasteiger charge is 1.97. The van der Waals surface area contributed by atoms with Crippen molar-refractivity contribution in [1.29, 1.82) is 0 Å². The largest absolute Gasteiger partial charge is 0.578 e. The Morgan fingerprint density at radius 1 is 2.00 bits per heavy atom. The summed E-state index contributed by atoms with van der Waals surface area (Å²) in [7, 11) is 1.83. The minimum atomic E-state index is 0.711. The van der Waals surface area contributed by atoms with Crippen LogP contribution in [0.2, 0.25) is 0 Å². The van der Waals surface area contributed by atoms with Gasteiger partial charge in [0.05, 0.1) is 5.76 Å². The summed E-state index contributed by atoms with van der Waals surface area (Å²) in [5.41, 5.74) is 3.55. The van der Waals surface area contributed by atoms with Crippen LogP contribution in [0.5, 0.6) is 0 Å². The third kappa shape index (κ3) is 0.913. The normalized spacial score (nSPS) is 22.7. The van der Waals surface area contributed by atoms with Gasteiger partial charge in [0.15, 0.2) is 0 Å². The van der Waals surface area contributed by atoms with Gasteiger partial charge in [0, 0.05) is 6.54 Å². The van der Waals surface area contributed by atoms with Gasteiger partial charge in [-0.2, -0.15) is 0 Å². The lowest BCUT2D eigenvalue weighted by Crippen LogP contribution is -2.04. The maximum Gasteiger partial charge on any atom is 0.0836 e. The first-order valence-corrected chi connectivity index (χ1v) is 2.06. The zero-order valence-electron chi connectivity index (χ0n) is 4.22. The minimum absolute atomic E-state index is 0.711. The zero-order valence-corrected chi connectivity index (χ0v) is 4.22. The van der Waals surface area contributed by atoms with Crippen molar-refractivity contribution < 1.29 is 4.84 Å². The van der Waals surface area contributed by atoms with Gasteiger partial charge in [0.25, 0.3) is 0 Å². The van der Waals surface area contributed by atoms with E-state index in [0.29, 0.717) is 5.76 Å². The van der Waals surface area contributed by atoms with E-state index in [9.17, 15) is 0 Å². The molecule has 0 atom stereocenters. The molecule has 1 fully saturated rings. The van der Waals surface area contributed by atoms with Crippen molar-refractivity contribution in [2.45, 2.75) is 0 Å². The van der Waals surface area contributed by atoms with Crippen LogP contribution in [-0.2, 0) is 4.84 Å². The van der Waals surface area contributed by atoms with E-state index in [2.05, 4.69) is 17.0 Å². The molecular formula is C4H7N2O-. The molecule has 0 aliphatic carbocycles. The van der Waals surface area contributed by atoms with Gasteiger partial charge in [0.2, 0.25) is 0 Å². The maximum atomic E-state index is 4.62. The zero-order chi connectivity index (χ0) is 5.28. The molecule has 0 aromatic carbocycles. The van der Waals surface area contributed by atoms with E-state index in [-0.39, 0.29) is 0 Å². The van der Waals surface area contributed by atoms with Gasteiger partial charge >= 0.3 is 0 Å². The van der Waals surface area contributed by atoms with E-state index < -0.39 is 0 Å². The molecule has 0 amide bonds. The molecule has 1 saturated heterocycles. The highest BCUT2D eigenvalue weighted by Crippen LogP contribution is 2.13. The molecule has 1 aliphatic heterocycles. The Morgan fingerprint density at radius 3 is 2.86 bits per heavy atom. The van der Waals surface area contributed by atoms with Gasteiger partial charge in [-0.05, 0) is 7.05 Å². The Labute approximate surface area is 42.5 Å². The first-order chi connectivity index (χ1) is 3.29. The van der Waals surface area contributed by atoms with Crippen LogP contribution >= 0.6 is 0 Å². The number of nitrogens with zero attached hydrogens (tertiary/aromatic N) is 2. The van der Waals surface area contributed by atoms with E-state index in [1.54, 1.807) is 5.01 Å². The van der Waals surface area contributed by atoms with Gasteiger partial charge in [0.1, 0.15) is 0 Å². The fraction of sp³-hybridized carbons (Fsp3) is 0.500. The highest BCUT2D eigenvalue weighted by molar-refractivity contribution is 4.94. The van der Waals surface area contributed by atoms with Crippen LogP contribution in [-0.4, -0.2) is 18.6 Å². The Balaban J connectivity index is 2.40. The van der Waals surface area contributed by atoms with E-state index >= 15 is 0 Å². The molecule has 7 heavy (non-hydrogen) atoms. The summed E-state index contributed by atoms with van der Waals surface area (Å²) < 4.78 is 0. The minimum Gasteiger partial charge on any atom is -0.578 e. The lowest BCUT2D eigenvalue weighted by Gasteiger charge is -2.18. The third-order valence-corrected chi connectivity index (χ3v) is 0.714. The molecule has 0 aromatic rings. The molecule has 1 heterocycles. The molecule has 0 saturated carbocycles. The predicted molar refractivity (Wildman–Crippen MR) is 26.2 cm³/mol. The Bertz CT molecular complexity index is 91.7. The summed E-state index contributed by atoms with van der Waals surface area (Å²) in [6.07, 6.45) is 0. The summed E-state index contributed by atoms with van der Waals surface area (Å²) in [6, 6.07) is 0. The SMILES string of the molecule is C=C1CN(C)[N-]O1. The van der Waals surface area contributed by atoms with E-state index in [0.717, 1.165) is 6.54 Å². The first-order valence-electron chi connectivity index (χ1n) is 2.06. The van der Waals surface area contributed by atoms with Crippen molar-refractivity contribution >= 4 is 0 Å². The third-order valence-electron chi connectivity index (χ3n) is 0.714. The summed E-state index contributed by atoms with van der Waals surface area (Å²) in [4.78, 5) is 4.62. The summed E-state index contributed by atoms with van der Waals surface area (Å²) in [6.45, 7) is 4.27. The van der Waals surface area contributed by atoms with Crippen LogP contribution in [0, 0.1) is 0 Å². The second-order valence-electron chi connectivity index (χ2n) is 1.53. The Morgan fingerprint density at radius 2 is 2.71 bits per heavy atom. The number of rotatable bonds is 0. The topological polar surface area (TPSA) is 26.6 Å². The van der Waals surface area contributed by atoms with Gasteiger partial charge in [-0.1, -0.05) is 6.58 Å². The lowest BCUT2D eigenvalue weighted by molar-refractivity contribution is 0.295. The van der Waals surface area contributed by atoms with Crippen molar-refractivity contribution in [3.8, 4) is 0 Å². The molecule has 1 aliphatic rings. The fourth-order valence-electron chi connectivity index (χ4n) is 0.440. The molecule has 0 spiro atoms. The average Bonchev–Trinajstić information content (AvgIpc) is 1.87. The van der Waals surface area contributed by atoms with Gasteiger partial charge in [-0.3, -0.25) is 0 Å². The van der Waals surface area contributed by atoms with Crippen LogP contribution < -0.4 is 0 Å². The number of hydrogen-bond acceptors (Lipinski definition) is 2. The molecule has 0 unspecified atom stereocenters. The second-order valence-corrected chi connectivity index (χ2v) is 1.53. The van der Waals surface area contributed by atoms with Crippen molar-refractivity contribution in [2.24, 2.45) is 0 Å². The second kappa shape index (κ2) is 1.52. The molecule has 40 valence electrons. The molecule has 0 N–H and O–H groups in total. The molecule has 0 bridgehead atoms. The monoisotopic (exact) mass is 99.1 g/mol. The van der Waals surface area contributed by atoms with Crippen LogP contribution in [0.15, 0.2) is 12.3 Å². The van der Waals surface area contributed by atoms with E-state index in [4.69, 9.17) is 0 Å². The smallest absolute Gasteiger partial charge is 0.0836 e. The molecule has 3 nitrogen and oxygen atoms in total. The van der Waals surface area contributed by atoms with Crippen molar-refractivity contribution in [2.75, 3.05) is 13.6 Å². The van der Waals surface area contributed by atoms with Crippen LogP contribution in [0.4, 0.5) is 0 Å². The molecule has 0 radical (unpaired) electrons.